The minimum atomic E-state index is -4.90. The second-order valence-electron chi connectivity index (χ2n) is 5.46. The van der Waals surface area contributed by atoms with Crippen LogP contribution in [0.2, 0.25) is 0 Å². The van der Waals surface area contributed by atoms with Crippen LogP contribution in [0.5, 0.6) is 0 Å². The van der Waals surface area contributed by atoms with Crippen molar-refractivity contribution >= 4 is 38.1 Å². The summed E-state index contributed by atoms with van der Waals surface area (Å²) in [5.74, 6) is 0. The van der Waals surface area contributed by atoms with Gasteiger partial charge in [0.05, 0.1) is 16.8 Å². The van der Waals surface area contributed by atoms with Gasteiger partial charge in [0.1, 0.15) is 0 Å². The number of anilines is 2. The van der Waals surface area contributed by atoms with Crippen LogP contribution >= 0.6 is 27.3 Å². The molecular formula is C17H9BrF6N2S. The van der Waals surface area contributed by atoms with E-state index in [-0.39, 0.29) is 16.9 Å². The van der Waals surface area contributed by atoms with E-state index in [2.05, 4.69) is 26.2 Å². The molecule has 3 aromatic rings. The Labute approximate surface area is 162 Å². The monoisotopic (exact) mass is 466 g/mol. The summed E-state index contributed by atoms with van der Waals surface area (Å²) in [5, 5.41) is 4.37. The summed E-state index contributed by atoms with van der Waals surface area (Å²) in [4.78, 5) is 4.22. The fourth-order valence-electron chi connectivity index (χ4n) is 2.23. The number of nitrogens with zero attached hydrogens (tertiary/aromatic N) is 1. The van der Waals surface area contributed by atoms with Crippen molar-refractivity contribution in [1.29, 1.82) is 0 Å². The molecule has 0 amide bonds. The van der Waals surface area contributed by atoms with Gasteiger partial charge >= 0.3 is 12.4 Å². The van der Waals surface area contributed by atoms with E-state index in [1.807, 2.05) is 0 Å². The largest absolute Gasteiger partial charge is 0.416 e. The van der Waals surface area contributed by atoms with Gasteiger partial charge in [0.15, 0.2) is 5.13 Å². The van der Waals surface area contributed by atoms with Crippen LogP contribution in [0.1, 0.15) is 11.1 Å². The van der Waals surface area contributed by atoms with Crippen molar-refractivity contribution in [1.82, 2.24) is 4.98 Å². The van der Waals surface area contributed by atoms with Crippen molar-refractivity contribution in [2.75, 3.05) is 5.32 Å². The molecular weight excluding hydrogens is 458 g/mol. The van der Waals surface area contributed by atoms with Gasteiger partial charge in [-0.15, -0.1) is 11.3 Å². The predicted octanol–water partition coefficient (Wildman–Crippen LogP) is 7.35. The summed E-state index contributed by atoms with van der Waals surface area (Å²) in [5.41, 5.74) is -1.79. The Morgan fingerprint density at radius 3 is 1.93 bits per heavy atom. The highest BCUT2D eigenvalue weighted by Gasteiger charge is 2.37. The maximum absolute atomic E-state index is 12.9. The Morgan fingerprint density at radius 1 is 0.852 bits per heavy atom. The number of rotatable bonds is 3. The highest BCUT2D eigenvalue weighted by atomic mass is 79.9. The van der Waals surface area contributed by atoms with E-state index in [1.165, 1.54) is 0 Å². The van der Waals surface area contributed by atoms with E-state index in [4.69, 9.17) is 0 Å². The molecule has 0 aliphatic carbocycles. The van der Waals surface area contributed by atoms with Crippen LogP contribution in [-0.4, -0.2) is 4.98 Å². The van der Waals surface area contributed by atoms with Crippen LogP contribution in [0.15, 0.2) is 52.3 Å². The number of hydrogen-bond acceptors (Lipinski definition) is 3. The van der Waals surface area contributed by atoms with E-state index in [0.717, 1.165) is 21.4 Å². The van der Waals surface area contributed by atoms with E-state index < -0.39 is 23.5 Å². The summed E-state index contributed by atoms with van der Waals surface area (Å²) in [6, 6.07) is 8.49. The molecule has 10 heteroatoms. The molecule has 0 atom stereocenters. The summed E-state index contributed by atoms with van der Waals surface area (Å²) in [7, 11) is 0. The van der Waals surface area contributed by atoms with Crippen LogP contribution in [0.25, 0.3) is 11.3 Å². The van der Waals surface area contributed by atoms with Crippen LogP contribution in [-0.2, 0) is 12.4 Å². The fourth-order valence-corrected chi connectivity index (χ4v) is 3.24. The molecule has 0 bridgehead atoms. The average molecular weight is 467 g/mol. The highest BCUT2D eigenvalue weighted by Crippen LogP contribution is 2.38. The SMILES string of the molecule is FC(F)(F)c1cc(Nc2nc(-c3ccc(Br)cc3)cs2)cc(C(F)(F)F)c1. The van der Waals surface area contributed by atoms with Crippen molar-refractivity contribution in [3.05, 3.63) is 63.4 Å². The average Bonchev–Trinajstić information content (AvgIpc) is 3.02. The summed E-state index contributed by atoms with van der Waals surface area (Å²) < 4.78 is 78.4. The molecule has 142 valence electrons. The van der Waals surface area contributed by atoms with Gasteiger partial charge in [0.2, 0.25) is 0 Å². The maximum Gasteiger partial charge on any atom is 0.416 e. The number of benzene rings is 2. The molecule has 1 heterocycles. The van der Waals surface area contributed by atoms with Crippen molar-refractivity contribution in [3.8, 4) is 11.3 Å². The normalized spacial score (nSPS) is 12.3. The number of aromatic nitrogens is 1. The minimum absolute atomic E-state index is 0.0836. The van der Waals surface area contributed by atoms with Crippen molar-refractivity contribution < 1.29 is 26.3 Å². The summed E-state index contributed by atoms with van der Waals surface area (Å²) in [6.07, 6.45) is -9.80. The van der Waals surface area contributed by atoms with Crippen LogP contribution in [0.4, 0.5) is 37.2 Å². The quantitative estimate of drug-likeness (QED) is 0.408. The molecule has 27 heavy (non-hydrogen) atoms. The molecule has 0 unspecified atom stereocenters. The second-order valence-corrected chi connectivity index (χ2v) is 7.24. The van der Waals surface area contributed by atoms with Crippen molar-refractivity contribution in [3.63, 3.8) is 0 Å². The first-order valence-corrected chi connectivity index (χ1v) is 8.97. The summed E-state index contributed by atoms with van der Waals surface area (Å²) >= 11 is 4.37. The number of thiazole rings is 1. The van der Waals surface area contributed by atoms with Crippen molar-refractivity contribution in [2.45, 2.75) is 12.4 Å². The lowest BCUT2D eigenvalue weighted by molar-refractivity contribution is -0.143. The van der Waals surface area contributed by atoms with Crippen LogP contribution in [0.3, 0.4) is 0 Å². The fraction of sp³-hybridized carbons (Fsp3) is 0.118. The topological polar surface area (TPSA) is 24.9 Å². The van der Waals surface area contributed by atoms with E-state index in [0.29, 0.717) is 17.8 Å². The lowest BCUT2D eigenvalue weighted by Gasteiger charge is -2.14. The van der Waals surface area contributed by atoms with Crippen LogP contribution < -0.4 is 5.32 Å². The van der Waals surface area contributed by atoms with Gasteiger partial charge in [-0.2, -0.15) is 26.3 Å². The highest BCUT2D eigenvalue weighted by molar-refractivity contribution is 9.10. The molecule has 1 aromatic heterocycles. The smallest absolute Gasteiger partial charge is 0.332 e. The third kappa shape index (κ3) is 4.81. The van der Waals surface area contributed by atoms with Gasteiger partial charge < -0.3 is 5.32 Å². The zero-order valence-electron chi connectivity index (χ0n) is 13.1. The molecule has 2 nitrogen and oxygen atoms in total. The standard InChI is InChI=1S/C17H9BrF6N2S/c18-12-3-1-9(2-4-12)14-8-27-15(26-14)25-13-6-10(16(19,20)21)5-11(7-13)17(22,23)24/h1-8H,(H,25,26). The maximum atomic E-state index is 12.9. The number of nitrogens with one attached hydrogen (secondary N) is 1. The minimum Gasteiger partial charge on any atom is -0.332 e. The van der Waals surface area contributed by atoms with Gasteiger partial charge in [0.25, 0.3) is 0 Å². The van der Waals surface area contributed by atoms with Crippen molar-refractivity contribution in [2.24, 2.45) is 0 Å². The molecule has 0 saturated heterocycles. The second kappa shape index (κ2) is 7.16. The molecule has 0 radical (unpaired) electrons. The van der Waals surface area contributed by atoms with Crippen LogP contribution in [0, 0.1) is 0 Å². The van der Waals surface area contributed by atoms with Gasteiger partial charge in [-0.1, -0.05) is 28.1 Å². The first kappa shape index (κ1) is 19.7. The molecule has 1 N–H and O–H groups in total. The first-order valence-electron chi connectivity index (χ1n) is 7.30. The Hall–Kier alpha value is -2.07. The number of halogens is 7. The predicted molar refractivity (Wildman–Crippen MR) is 95.0 cm³/mol. The Morgan fingerprint density at radius 2 is 1.41 bits per heavy atom. The Kier molecular flexibility index (Phi) is 5.22. The number of alkyl halides is 6. The molecule has 0 fully saturated rings. The Bertz CT molecular complexity index is 915. The lowest BCUT2D eigenvalue weighted by atomic mass is 10.1. The molecule has 2 aromatic carbocycles. The van der Waals surface area contributed by atoms with E-state index in [9.17, 15) is 26.3 Å². The zero-order chi connectivity index (χ0) is 19.8. The molecule has 0 aliphatic heterocycles. The summed E-state index contributed by atoms with van der Waals surface area (Å²) in [6.45, 7) is 0. The van der Waals surface area contributed by atoms with Gasteiger partial charge in [-0.3, -0.25) is 0 Å². The lowest BCUT2D eigenvalue weighted by Crippen LogP contribution is -2.11. The van der Waals surface area contributed by atoms with Gasteiger partial charge in [0, 0.05) is 21.1 Å². The third-order valence-electron chi connectivity index (χ3n) is 3.48. The zero-order valence-corrected chi connectivity index (χ0v) is 15.5. The molecule has 3 rings (SSSR count). The van der Waals surface area contributed by atoms with Gasteiger partial charge in [-0.05, 0) is 30.3 Å². The first-order chi connectivity index (χ1) is 12.5. The third-order valence-corrected chi connectivity index (χ3v) is 4.77. The number of hydrogen-bond donors (Lipinski definition) is 1. The Balaban J connectivity index is 1.92. The molecule has 0 aliphatic rings. The van der Waals surface area contributed by atoms with Gasteiger partial charge in [-0.25, -0.2) is 4.98 Å². The van der Waals surface area contributed by atoms with E-state index >= 15 is 0 Å². The molecule has 0 saturated carbocycles. The molecule has 0 spiro atoms. The van der Waals surface area contributed by atoms with E-state index in [1.54, 1.807) is 29.6 Å².